The highest BCUT2D eigenvalue weighted by molar-refractivity contribution is 7.18. The Labute approximate surface area is 137 Å². The van der Waals surface area contributed by atoms with Crippen LogP contribution in [0.4, 0.5) is 16.6 Å². The van der Waals surface area contributed by atoms with Crippen molar-refractivity contribution in [3.8, 4) is 6.07 Å². The first-order valence-corrected chi connectivity index (χ1v) is 7.62. The van der Waals surface area contributed by atoms with E-state index in [1.807, 2.05) is 6.07 Å². The summed E-state index contributed by atoms with van der Waals surface area (Å²) in [6, 6.07) is 18.0. The molecule has 0 fully saturated rings. The van der Waals surface area contributed by atoms with Crippen LogP contribution in [-0.2, 0) is 0 Å². The van der Waals surface area contributed by atoms with Crippen LogP contribution in [0.2, 0.25) is 0 Å². The van der Waals surface area contributed by atoms with E-state index in [0.29, 0.717) is 21.1 Å². The van der Waals surface area contributed by atoms with E-state index in [1.165, 1.54) is 11.3 Å². The molecular weight excluding hydrogens is 308 g/mol. The summed E-state index contributed by atoms with van der Waals surface area (Å²) in [6.07, 6.45) is 0. The maximum Gasteiger partial charge on any atom is 0.206 e. The standard InChI is InChI=1S/C17H12N4OS/c18-10-11-6-8-13(9-7-11)20-17-21-16(19)15(23-17)14(22)12-4-2-1-3-5-12/h1-9H,19H2,(H,20,21). The van der Waals surface area contributed by atoms with Gasteiger partial charge in [-0.1, -0.05) is 41.7 Å². The molecular formula is C17H12N4OS. The van der Waals surface area contributed by atoms with Gasteiger partial charge in [-0.15, -0.1) is 0 Å². The van der Waals surface area contributed by atoms with Gasteiger partial charge in [-0.3, -0.25) is 4.79 Å². The number of nitrogens with zero attached hydrogens (tertiary/aromatic N) is 2. The van der Waals surface area contributed by atoms with Gasteiger partial charge in [0.1, 0.15) is 10.7 Å². The highest BCUT2D eigenvalue weighted by Crippen LogP contribution is 2.29. The molecule has 0 spiro atoms. The van der Waals surface area contributed by atoms with Gasteiger partial charge in [-0.2, -0.15) is 5.26 Å². The highest BCUT2D eigenvalue weighted by Gasteiger charge is 2.17. The third-order valence-electron chi connectivity index (χ3n) is 3.16. The summed E-state index contributed by atoms with van der Waals surface area (Å²) >= 11 is 1.21. The summed E-state index contributed by atoms with van der Waals surface area (Å²) in [7, 11) is 0. The van der Waals surface area contributed by atoms with Crippen molar-refractivity contribution in [1.29, 1.82) is 5.26 Å². The fraction of sp³-hybridized carbons (Fsp3) is 0. The number of rotatable bonds is 4. The highest BCUT2D eigenvalue weighted by atomic mass is 32.1. The normalized spacial score (nSPS) is 10.0. The quantitative estimate of drug-likeness (QED) is 0.717. The predicted octanol–water partition coefficient (Wildman–Crippen LogP) is 3.57. The number of nitriles is 1. The fourth-order valence-electron chi connectivity index (χ4n) is 2.02. The monoisotopic (exact) mass is 320 g/mol. The topological polar surface area (TPSA) is 91.8 Å². The Morgan fingerprint density at radius 3 is 2.48 bits per heavy atom. The fourth-order valence-corrected chi connectivity index (χ4v) is 2.89. The van der Waals surface area contributed by atoms with E-state index in [2.05, 4.69) is 16.4 Å². The smallest absolute Gasteiger partial charge is 0.206 e. The Bertz CT molecular complexity index is 879. The minimum Gasteiger partial charge on any atom is -0.382 e. The molecule has 5 nitrogen and oxygen atoms in total. The first-order valence-electron chi connectivity index (χ1n) is 6.80. The van der Waals surface area contributed by atoms with Gasteiger partial charge in [0.15, 0.2) is 5.13 Å². The molecule has 0 aliphatic heterocycles. The zero-order chi connectivity index (χ0) is 16.2. The maximum absolute atomic E-state index is 12.4. The Kier molecular flexibility index (Phi) is 4.04. The molecule has 2 aromatic carbocycles. The molecule has 0 saturated heterocycles. The molecule has 0 radical (unpaired) electrons. The number of hydrogen-bond donors (Lipinski definition) is 2. The third kappa shape index (κ3) is 3.20. The number of nitrogens with one attached hydrogen (secondary N) is 1. The molecule has 0 aliphatic rings. The van der Waals surface area contributed by atoms with Gasteiger partial charge in [0, 0.05) is 11.3 Å². The zero-order valence-corrected chi connectivity index (χ0v) is 12.8. The van der Waals surface area contributed by atoms with E-state index in [0.717, 1.165) is 5.69 Å². The van der Waals surface area contributed by atoms with Crippen LogP contribution in [0.3, 0.4) is 0 Å². The molecule has 0 aliphatic carbocycles. The molecule has 0 unspecified atom stereocenters. The number of carbonyl (C=O) groups is 1. The van der Waals surface area contributed by atoms with Crippen molar-refractivity contribution in [2.24, 2.45) is 0 Å². The molecule has 1 heterocycles. The van der Waals surface area contributed by atoms with E-state index in [9.17, 15) is 4.79 Å². The van der Waals surface area contributed by atoms with Crippen molar-refractivity contribution in [2.75, 3.05) is 11.1 Å². The average Bonchev–Trinajstić information content (AvgIpc) is 2.96. The lowest BCUT2D eigenvalue weighted by molar-refractivity contribution is 0.104. The molecule has 0 saturated carbocycles. The van der Waals surface area contributed by atoms with Gasteiger partial charge in [-0.05, 0) is 24.3 Å². The molecule has 23 heavy (non-hydrogen) atoms. The van der Waals surface area contributed by atoms with Gasteiger partial charge in [0.25, 0.3) is 0 Å². The minimum atomic E-state index is -0.145. The summed E-state index contributed by atoms with van der Waals surface area (Å²) in [5, 5.41) is 12.4. The number of aromatic nitrogens is 1. The van der Waals surface area contributed by atoms with E-state index in [-0.39, 0.29) is 11.6 Å². The lowest BCUT2D eigenvalue weighted by atomic mass is 10.1. The van der Waals surface area contributed by atoms with Crippen molar-refractivity contribution >= 4 is 33.8 Å². The van der Waals surface area contributed by atoms with Crippen LogP contribution in [0.15, 0.2) is 54.6 Å². The largest absolute Gasteiger partial charge is 0.382 e. The Hall–Kier alpha value is -3.17. The second kappa shape index (κ2) is 6.30. The maximum atomic E-state index is 12.4. The van der Waals surface area contributed by atoms with Crippen molar-refractivity contribution in [2.45, 2.75) is 0 Å². The molecule has 0 amide bonds. The van der Waals surface area contributed by atoms with Crippen LogP contribution < -0.4 is 11.1 Å². The second-order valence-corrected chi connectivity index (χ2v) is 5.74. The number of benzene rings is 2. The minimum absolute atomic E-state index is 0.145. The Morgan fingerprint density at radius 1 is 1.13 bits per heavy atom. The van der Waals surface area contributed by atoms with Crippen molar-refractivity contribution in [3.05, 3.63) is 70.6 Å². The molecule has 0 atom stereocenters. The molecule has 3 rings (SSSR count). The zero-order valence-electron chi connectivity index (χ0n) is 12.0. The van der Waals surface area contributed by atoms with Gasteiger partial charge < -0.3 is 11.1 Å². The molecule has 6 heteroatoms. The molecule has 0 bridgehead atoms. The Morgan fingerprint density at radius 2 is 1.83 bits per heavy atom. The van der Waals surface area contributed by atoms with Crippen LogP contribution in [0, 0.1) is 11.3 Å². The number of hydrogen-bond acceptors (Lipinski definition) is 6. The Balaban J connectivity index is 1.83. The van der Waals surface area contributed by atoms with Crippen molar-refractivity contribution in [3.63, 3.8) is 0 Å². The van der Waals surface area contributed by atoms with Crippen LogP contribution in [0.25, 0.3) is 0 Å². The van der Waals surface area contributed by atoms with Gasteiger partial charge >= 0.3 is 0 Å². The SMILES string of the molecule is N#Cc1ccc(Nc2nc(N)c(C(=O)c3ccccc3)s2)cc1. The summed E-state index contributed by atoms with van der Waals surface area (Å²) in [6.45, 7) is 0. The van der Waals surface area contributed by atoms with E-state index in [4.69, 9.17) is 11.0 Å². The number of thiazole rings is 1. The van der Waals surface area contributed by atoms with Crippen LogP contribution in [-0.4, -0.2) is 10.8 Å². The number of nitrogen functional groups attached to an aromatic ring is 1. The predicted molar refractivity (Wildman–Crippen MR) is 90.8 cm³/mol. The third-order valence-corrected chi connectivity index (χ3v) is 4.15. The molecule has 112 valence electrons. The lowest BCUT2D eigenvalue weighted by Crippen LogP contribution is -2.02. The summed E-state index contributed by atoms with van der Waals surface area (Å²) in [4.78, 5) is 17.0. The summed E-state index contributed by atoms with van der Waals surface area (Å²) in [5.41, 5.74) is 7.80. The molecule has 3 N–H and O–H groups in total. The van der Waals surface area contributed by atoms with Gasteiger partial charge in [0.05, 0.1) is 11.6 Å². The number of ketones is 1. The lowest BCUT2D eigenvalue weighted by Gasteiger charge is -2.01. The molecule has 1 aromatic heterocycles. The van der Waals surface area contributed by atoms with Crippen molar-refractivity contribution < 1.29 is 4.79 Å². The van der Waals surface area contributed by atoms with E-state index >= 15 is 0 Å². The van der Waals surface area contributed by atoms with Crippen LogP contribution in [0.1, 0.15) is 20.8 Å². The average molecular weight is 320 g/mol. The van der Waals surface area contributed by atoms with Gasteiger partial charge in [-0.25, -0.2) is 4.98 Å². The first-order chi connectivity index (χ1) is 11.2. The van der Waals surface area contributed by atoms with Crippen LogP contribution >= 0.6 is 11.3 Å². The van der Waals surface area contributed by atoms with E-state index in [1.54, 1.807) is 48.5 Å². The summed E-state index contributed by atoms with van der Waals surface area (Å²) < 4.78 is 0. The second-order valence-electron chi connectivity index (χ2n) is 4.74. The van der Waals surface area contributed by atoms with Crippen LogP contribution in [0.5, 0.6) is 0 Å². The number of nitrogens with two attached hydrogens (primary N) is 1. The van der Waals surface area contributed by atoms with Gasteiger partial charge in [0.2, 0.25) is 5.78 Å². The summed E-state index contributed by atoms with van der Waals surface area (Å²) in [5.74, 6) is 0.0634. The van der Waals surface area contributed by atoms with E-state index < -0.39 is 0 Å². The first kappa shape index (κ1) is 14.8. The number of anilines is 3. The molecule has 3 aromatic rings. The van der Waals surface area contributed by atoms with Crippen molar-refractivity contribution in [1.82, 2.24) is 4.98 Å². The number of carbonyl (C=O) groups excluding carboxylic acids is 1.